The summed E-state index contributed by atoms with van der Waals surface area (Å²) in [7, 11) is 0. The molecule has 0 aliphatic heterocycles. The van der Waals surface area contributed by atoms with Gasteiger partial charge in [-0.05, 0) is 30.0 Å². The van der Waals surface area contributed by atoms with Crippen molar-refractivity contribution in [2.45, 2.75) is 12.8 Å². The first-order valence-electron chi connectivity index (χ1n) is 7.18. The molecule has 5 nitrogen and oxygen atoms in total. The summed E-state index contributed by atoms with van der Waals surface area (Å²) in [5, 5.41) is 29.7. The molecule has 0 radical (unpaired) electrons. The molecule has 1 heterocycles. The quantitative estimate of drug-likeness (QED) is 0.689. The Balaban J connectivity index is 1.99. The number of phenolic OH excluding ortho intramolecular Hbond substituents is 1. The molecule has 23 heavy (non-hydrogen) atoms. The topological polar surface area (TPSA) is 90.7 Å². The van der Waals surface area contributed by atoms with Crippen molar-refractivity contribution in [1.29, 1.82) is 0 Å². The van der Waals surface area contributed by atoms with E-state index in [1.165, 1.54) is 0 Å². The van der Waals surface area contributed by atoms with Crippen LogP contribution in [-0.4, -0.2) is 26.3 Å². The molecule has 3 rings (SSSR count). The van der Waals surface area contributed by atoms with E-state index in [-0.39, 0.29) is 22.7 Å². The van der Waals surface area contributed by atoms with Gasteiger partial charge < -0.3 is 15.3 Å². The number of carboxylic acid groups (broad SMARTS) is 1. The minimum atomic E-state index is -1.25. The van der Waals surface area contributed by atoms with Crippen molar-refractivity contribution in [2.24, 2.45) is 0 Å². The van der Waals surface area contributed by atoms with Crippen LogP contribution in [-0.2, 0) is 12.8 Å². The number of benzene rings is 2. The van der Waals surface area contributed by atoms with E-state index in [0.717, 1.165) is 18.1 Å². The molecule has 0 saturated carbocycles. The Morgan fingerprint density at radius 1 is 1.00 bits per heavy atom. The SMILES string of the molecule is O=C(O)c1cc(O)c2ccc(CCc3ccccc3)c(O)c2n1. The maximum atomic E-state index is 11.0. The van der Waals surface area contributed by atoms with Crippen molar-refractivity contribution in [3.63, 3.8) is 0 Å². The highest BCUT2D eigenvalue weighted by molar-refractivity contribution is 5.95. The Morgan fingerprint density at radius 3 is 2.43 bits per heavy atom. The first kappa shape index (κ1) is 14.8. The van der Waals surface area contributed by atoms with Crippen molar-refractivity contribution in [1.82, 2.24) is 4.98 Å². The van der Waals surface area contributed by atoms with E-state index >= 15 is 0 Å². The maximum Gasteiger partial charge on any atom is 0.354 e. The summed E-state index contributed by atoms with van der Waals surface area (Å²) < 4.78 is 0. The fourth-order valence-electron chi connectivity index (χ4n) is 2.54. The second-order valence-electron chi connectivity index (χ2n) is 5.29. The molecule has 0 fully saturated rings. The summed E-state index contributed by atoms with van der Waals surface area (Å²) in [5.74, 6) is -1.55. The molecule has 0 unspecified atom stereocenters. The third-order valence-electron chi connectivity index (χ3n) is 3.76. The van der Waals surface area contributed by atoms with Crippen LogP contribution in [0.2, 0.25) is 0 Å². The normalized spacial score (nSPS) is 10.8. The number of aromatic carboxylic acids is 1. The molecule has 0 saturated heterocycles. The van der Waals surface area contributed by atoms with Crippen molar-refractivity contribution >= 4 is 16.9 Å². The molecule has 3 aromatic rings. The zero-order valence-corrected chi connectivity index (χ0v) is 12.2. The summed E-state index contributed by atoms with van der Waals surface area (Å²) in [6.07, 6.45) is 1.33. The first-order valence-corrected chi connectivity index (χ1v) is 7.18. The van der Waals surface area contributed by atoms with E-state index in [0.29, 0.717) is 17.4 Å². The van der Waals surface area contributed by atoms with Crippen LogP contribution in [0.4, 0.5) is 0 Å². The third-order valence-corrected chi connectivity index (χ3v) is 3.76. The van der Waals surface area contributed by atoms with Gasteiger partial charge in [-0.1, -0.05) is 36.4 Å². The molecule has 0 bridgehead atoms. The van der Waals surface area contributed by atoms with Gasteiger partial charge in [-0.25, -0.2) is 9.78 Å². The maximum absolute atomic E-state index is 11.0. The Labute approximate surface area is 132 Å². The number of hydrogen-bond acceptors (Lipinski definition) is 4. The number of rotatable bonds is 4. The molecule has 0 amide bonds. The average molecular weight is 309 g/mol. The number of carbonyl (C=O) groups is 1. The monoisotopic (exact) mass is 309 g/mol. The van der Waals surface area contributed by atoms with Gasteiger partial charge in [-0.2, -0.15) is 0 Å². The van der Waals surface area contributed by atoms with Crippen LogP contribution in [0.1, 0.15) is 21.6 Å². The lowest BCUT2D eigenvalue weighted by Crippen LogP contribution is -2.01. The number of nitrogens with zero attached hydrogens (tertiary/aromatic N) is 1. The summed E-state index contributed by atoms with van der Waals surface area (Å²) in [6.45, 7) is 0. The molecule has 0 aliphatic carbocycles. The van der Waals surface area contributed by atoms with Crippen molar-refractivity contribution in [3.05, 3.63) is 65.4 Å². The summed E-state index contributed by atoms with van der Waals surface area (Å²) in [6, 6.07) is 14.3. The molecule has 0 aliphatic rings. The van der Waals surface area contributed by atoms with Gasteiger partial charge in [-0.3, -0.25) is 0 Å². The highest BCUT2D eigenvalue weighted by Crippen LogP contribution is 2.33. The molecule has 0 atom stereocenters. The van der Waals surface area contributed by atoms with Crippen LogP contribution in [0.3, 0.4) is 0 Å². The molecule has 116 valence electrons. The second-order valence-corrected chi connectivity index (χ2v) is 5.29. The van der Waals surface area contributed by atoms with Gasteiger partial charge in [0.1, 0.15) is 17.0 Å². The van der Waals surface area contributed by atoms with Gasteiger partial charge in [0.15, 0.2) is 5.69 Å². The van der Waals surface area contributed by atoms with Crippen molar-refractivity contribution < 1.29 is 20.1 Å². The lowest BCUT2D eigenvalue weighted by atomic mass is 10.0. The average Bonchev–Trinajstić information content (AvgIpc) is 2.55. The van der Waals surface area contributed by atoms with E-state index < -0.39 is 5.97 Å². The number of phenols is 1. The van der Waals surface area contributed by atoms with Crippen LogP contribution < -0.4 is 0 Å². The fraction of sp³-hybridized carbons (Fsp3) is 0.111. The van der Waals surface area contributed by atoms with Crippen LogP contribution in [0.5, 0.6) is 11.5 Å². The molecule has 0 spiro atoms. The number of fused-ring (bicyclic) bond motifs is 1. The molecule has 1 aromatic heterocycles. The van der Waals surface area contributed by atoms with E-state index in [2.05, 4.69) is 4.98 Å². The van der Waals surface area contributed by atoms with Crippen molar-refractivity contribution in [2.75, 3.05) is 0 Å². The molecule has 3 N–H and O–H groups in total. The van der Waals surface area contributed by atoms with Crippen LogP contribution in [0, 0.1) is 0 Å². The van der Waals surface area contributed by atoms with Crippen LogP contribution in [0.25, 0.3) is 10.9 Å². The van der Waals surface area contributed by atoms with Crippen molar-refractivity contribution in [3.8, 4) is 11.5 Å². The first-order chi connectivity index (χ1) is 11.1. The zero-order chi connectivity index (χ0) is 16.4. The van der Waals surface area contributed by atoms with Crippen LogP contribution in [0.15, 0.2) is 48.5 Å². The third kappa shape index (κ3) is 2.94. The Bertz CT molecular complexity index is 875. The molecule has 2 aromatic carbocycles. The zero-order valence-electron chi connectivity index (χ0n) is 12.2. The summed E-state index contributed by atoms with van der Waals surface area (Å²) in [4.78, 5) is 15.0. The van der Waals surface area contributed by atoms with E-state index in [1.54, 1.807) is 12.1 Å². The van der Waals surface area contributed by atoms with Crippen LogP contribution >= 0.6 is 0 Å². The van der Waals surface area contributed by atoms with E-state index in [1.807, 2.05) is 30.3 Å². The lowest BCUT2D eigenvalue weighted by Gasteiger charge is -2.09. The predicted octanol–water partition coefficient (Wildman–Crippen LogP) is 3.13. The summed E-state index contributed by atoms with van der Waals surface area (Å²) in [5.41, 5.74) is 1.61. The number of aromatic nitrogens is 1. The number of pyridine rings is 1. The van der Waals surface area contributed by atoms with E-state index in [9.17, 15) is 15.0 Å². The fourth-order valence-corrected chi connectivity index (χ4v) is 2.54. The highest BCUT2D eigenvalue weighted by Gasteiger charge is 2.15. The standard InChI is InChI=1S/C18H15NO4/c20-15-10-14(18(22)23)19-16-13(15)9-8-12(17(16)21)7-6-11-4-2-1-3-5-11/h1-5,8-10,21H,6-7H2,(H,19,20)(H,22,23). The number of aryl methyl sites for hydroxylation is 2. The van der Waals surface area contributed by atoms with Gasteiger partial charge in [0.05, 0.1) is 0 Å². The summed E-state index contributed by atoms with van der Waals surface area (Å²) >= 11 is 0. The Hall–Kier alpha value is -3.08. The van der Waals surface area contributed by atoms with Gasteiger partial charge >= 0.3 is 5.97 Å². The minimum absolute atomic E-state index is 0.0863. The van der Waals surface area contributed by atoms with E-state index in [4.69, 9.17) is 5.11 Å². The largest absolute Gasteiger partial charge is 0.507 e. The Kier molecular flexibility index (Phi) is 3.85. The molecular formula is C18H15NO4. The second kappa shape index (κ2) is 5.96. The smallest absolute Gasteiger partial charge is 0.354 e. The predicted molar refractivity (Wildman–Crippen MR) is 85.9 cm³/mol. The lowest BCUT2D eigenvalue weighted by molar-refractivity contribution is 0.0690. The van der Waals surface area contributed by atoms with Gasteiger partial charge in [0.2, 0.25) is 0 Å². The number of hydrogen-bond donors (Lipinski definition) is 3. The van der Waals surface area contributed by atoms with Gasteiger partial charge in [0.25, 0.3) is 0 Å². The van der Waals surface area contributed by atoms with Gasteiger partial charge in [0, 0.05) is 11.5 Å². The Morgan fingerprint density at radius 2 is 1.74 bits per heavy atom. The molecular weight excluding hydrogens is 294 g/mol. The molecule has 5 heteroatoms. The number of carboxylic acids is 1. The number of aromatic hydroxyl groups is 2. The minimum Gasteiger partial charge on any atom is -0.507 e. The van der Waals surface area contributed by atoms with Gasteiger partial charge in [-0.15, -0.1) is 0 Å². The highest BCUT2D eigenvalue weighted by atomic mass is 16.4.